The van der Waals surface area contributed by atoms with Crippen LogP contribution in [0.1, 0.15) is 27.2 Å². The van der Waals surface area contributed by atoms with E-state index in [-0.39, 0.29) is 0 Å². The third kappa shape index (κ3) is 2.10. The van der Waals surface area contributed by atoms with Gasteiger partial charge >= 0.3 is 0 Å². The molecule has 1 atom stereocenters. The highest BCUT2D eigenvalue weighted by Gasteiger charge is 2.13. The summed E-state index contributed by atoms with van der Waals surface area (Å²) in [6, 6.07) is 0. The van der Waals surface area contributed by atoms with Crippen LogP contribution in [0.3, 0.4) is 0 Å². The van der Waals surface area contributed by atoms with Crippen molar-refractivity contribution in [3.63, 3.8) is 0 Å². The minimum absolute atomic E-state index is 0.308. The van der Waals surface area contributed by atoms with Gasteiger partial charge in [0.25, 0.3) is 0 Å². The lowest BCUT2D eigenvalue weighted by Gasteiger charge is -2.08. The van der Waals surface area contributed by atoms with Crippen molar-refractivity contribution in [1.29, 1.82) is 5.41 Å². The number of nitrogens with one attached hydrogen (secondary N) is 1. The van der Waals surface area contributed by atoms with Gasteiger partial charge < -0.3 is 11.1 Å². The van der Waals surface area contributed by atoms with Crippen LogP contribution in [0.25, 0.3) is 0 Å². The molecule has 0 fully saturated rings. The number of aliphatic imine (C=N–C) groups is 1. The van der Waals surface area contributed by atoms with Crippen LogP contribution in [0, 0.1) is 11.3 Å². The molecule has 0 aromatic heterocycles. The topological polar surface area (TPSA) is 62.2 Å². The Balaban J connectivity index is 3.10. The first-order chi connectivity index (χ1) is 6.56. The third-order valence-electron chi connectivity index (χ3n) is 2.47. The molecule has 0 saturated carbocycles. The van der Waals surface area contributed by atoms with Crippen LogP contribution in [-0.4, -0.2) is 11.4 Å². The summed E-state index contributed by atoms with van der Waals surface area (Å²) in [4.78, 5) is 4.31. The minimum Gasteiger partial charge on any atom is -0.398 e. The molecule has 0 aromatic carbocycles. The number of nitrogens with zero attached hydrogens (tertiary/aromatic N) is 1. The molecule has 1 aliphatic heterocycles. The molecule has 0 amide bonds. The molecule has 0 bridgehead atoms. The largest absolute Gasteiger partial charge is 0.398 e. The summed E-state index contributed by atoms with van der Waals surface area (Å²) in [5, 5.41) is 7.55. The second kappa shape index (κ2) is 4.22. The van der Waals surface area contributed by atoms with Crippen LogP contribution in [0.4, 0.5) is 0 Å². The summed E-state index contributed by atoms with van der Waals surface area (Å²) in [5.41, 5.74) is 8.82. The zero-order valence-corrected chi connectivity index (χ0v) is 8.96. The van der Waals surface area contributed by atoms with Gasteiger partial charge in [-0.05, 0) is 20.3 Å². The van der Waals surface area contributed by atoms with E-state index < -0.39 is 0 Å². The predicted molar refractivity (Wildman–Crippen MR) is 60.6 cm³/mol. The molecule has 76 valence electrons. The molecule has 1 heterocycles. The Labute approximate surface area is 84.9 Å². The summed E-state index contributed by atoms with van der Waals surface area (Å²) in [6.45, 7) is 5.83. The van der Waals surface area contributed by atoms with Crippen molar-refractivity contribution in [2.45, 2.75) is 27.2 Å². The Morgan fingerprint density at radius 1 is 1.64 bits per heavy atom. The van der Waals surface area contributed by atoms with Crippen molar-refractivity contribution < 1.29 is 0 Å². The van der Waals surface area contributed by atoms with Gasteiger partial charge in [0.1, 0.15) is 0 Å². The lowest BCUT2D eigenvalue weighted by molar-refractivity contribution is 0.807. The van der Waals surface area contributed by atoms with Crippen LogP contribution in [0.2, 0.25) is 0 Å². The Kier molecular flexibility index (Phi) is 3.23. The molecule has 0 spiro atoms. The van der Waals surface area contributed by atoms with E-state index in [1.807, 2.05) is 13.0 Å². The zero-order chi connectivity index (χ0) is 10.7. The molecular weight excluding hydrogens is 174 g/mol. The van der Waals surface area contributed by atoms with Gasteiger partial charge in [-0.2, -0.15) is 0 Å². The first kappa shape index (κ1) is 10.7. The van der Waals surface area contributed by atoms with E-state index in [0.717, 1.165) is 17.7 Å². The Morgan fingerprint density at radius 3 is 2.79 bits per heavy atom. The van der Waals surface area contributed by atoms with Gasteiger partial charge in [0.15, 0.2) is 0 Å². The quantitative estimate of drug-likeness (QED) is 0.646. The van der Waals surface area contributed by atoms with Gasteiger partial charge in [-0.1, -0.05) is 13.0 Å². The molecule has 1 unspecified atom stereocenters. The molecule has 3 N–H and O–H groups in total. The van der Waals surface area contributed by atoms with Gasteiger partial charge in [-0.25, -0.2) is 0 Å². The summed E-state index contributed by atoms with van der Waals surface area (Å²) >= 11 is 0. The predicted octanol–water partition coefficient (Wildman–Crippen LogP) is 2.25. The summed E-state index contributed by atoms with van der Waals surface area (Å²) < 4.78 is 0. The number of allylic oxidation sites excluding steroid dienone is 2. The lowest BCUT2D eigenvalue weighted by atomic mass is 9.99. The average molecular weight is 191 g/mol. The maximum Gasteiger partial charge on any atom is 0.0391 e. The average Bonchev–Trinajstić information content (AvgIpc) is 2.26. The molecule has 0 aromatic rings. The molecule has 14 heavy (non-hydrogen) atoms. The van der Waals surface area contributed by atoms with Gasteiger partial charge in [-0.3, -0.25) is 4.99 Å². The highest BCUT2D eigenvalue weighted by molar-refractivity contribution is 6.01. The van der Waals surface area contributed by atoms with Gasteiger partial charge in [-0.15, -0.1) is 0 Å². The normalized spacial score (nSPS) is 21.9. The van der Waals surface area contributed by atoms with Crippen molar-refractivity contribution in [2.75, 3.05) is 0 Å². The van der Waals surface area contributed by atoms with E-state index in [9.17, 15) is 0 Å². The van der Waals surface area contributed by atoms with E-state index >= 15 is 0 Å². The maximum absolute atomic E-state index is 7.55. The fraction of sp³-hybridized carbons (Fsp3) is 0.455. The van der Waals surface area contributed by atoms with E-state index in [1.165, 1.54) is 0 Å². The van der Waals surface area contributed by atoms with Crippen molar-refractivity contribution in [1.82, 2.24) is 0 Å². The van der Waals surface area contributed by atoms with Crippen LogP contribution < -0.4 is 5.73 Å². The Hall–Kier alpha value is -1.38. The molecule has 3 heteroatoms. The number of hydrogen-bond donors (Lipinski definition) is 2. The fourth-order valence-electron chi connectivity index (χ4n) is 1.49. The van der Waals surface area contributed by atoms with Gasteiger partial charge in [0.2, 0.25) is 0 Å². The van der Waals surface area contributed by atoms with Crippen LogP contribution in [0.15, 0.2) is 28.5 Å². The summed E-state index contributed by atoms with van der Waals surface area (Å²) in [7, 11) is 0. The molecule has 3 nitrogen and oxygen atoms in total. The SMILES string of the molecule is CCC1C=C(N)C(C(C)=N)=CN=C1C. The summed E-state index contributed by atoms with van der Waals surface area (Å²) in [6.07, 6.45) is 4.68. The van der Waals surface area contributed by atoms with Crippen LogP contribution >= 0.6 is 0 Å². The van der Waals surface area contributed by atoms with E-state index in [4.69, 9.17) is 11.1 Å². The fourth-order valence-corrected chi connectivity index (χ4v) is 1.49. The van der Waals surface area contributed by atoms with Crippen molar-refractivity contribution in [3.8, 4) is 0 Å². The number of hydrogen-bond acceptors (Lipinski definition) is 3. The highest BCUT2D eigenvalue weighted by Crippen LogP contribution is 2.17. The standard InChI is InChI=1S/C11H17N3/c1-4-9-5-11(13)10(7(2)12)6-14-8(9)3/h5-6,9,12H,4,13H2,1-3H3. The van der Waals surface area contributed by atoms with E-state index in [2.05, 4.69) is 11.9 Å². The summed E-state index contributed by atoms with van der Waals surface area (Å²) in [5.74, 6) is 0.308. The monoisotopic (exact) mass is 191 g/mol. The molecule has 0 aliphatic carbocycles. The Bertz CT molecular complexity index is 334. The van der Waals surface area contributed by atoms with E-state index in [1.54, 1.807) is 13.1 Å². The van der Waals surface area contributed by atoms with Crippen molar-refractivity contribution >= 4 is 11.4 Å². The highest BCUT2D eigenvalue weighted by atomic mass is 14.7. The second-order valence-corrected chi connectivity index (χ2v) is 3.58. The van der Waals surface area contributed by atoms with Gasteiger partial charge in [0, 0.05) is 34.8 Å². The zero-order valence-electron chi connectivity index (χ0n) is 8.96. The lowest BCUT2D eigenvalue weighted by Crippen LogP contribution is -2.11. The Morgan fingerprint density at radius 2 is 2.29 bits per heavy atom. The number of nitrogens with two attached hydrogens (primary N) is 1. The molecule has 0 saturated heterocycles. The van der Waals surface area contributed by atoms with E-state index in [0.29, 0.717) is 17.3 Å². The first-order valence-corrected chi connectivity index (χ1v) is 4.84. The minimum atomic E-state index is 0.308. The number of rotatable bonds is 2. The van der Waals surface area contributed by atoms with Crippen molar-refractivity contribution in [3.05, 3.63) is 23.5 Å². The molecule has 1 aliphatic rings. The van der Waals surface area contributed by atoms with Crippen LogP contribution in [-0.2, 0) is 0 Å². The second-order valence-electron chi connectivity index (χ2n) is 3.58. The first-order valence-electron chi connectivity index (χ1n) is 4.84. The molecule has 1 rings (SSSR count). The smallest absolute Gasteiger partial charge is 0.0391 e. The molecular formula is C11H17N3. The maximum atomic E-state index is 7.55. The van der Waals surface area contributed by atoms with Crippen molar-refractivity contribution in [2.24, 2.45) is 16.6 Å². The van der Waals surface area contributed by atoms with Gasteiger partial charge in [0.05, 0.1) is 0 Å². The third-order valence-corrected chi connectivity index (χ3v) is 2.47. The molecule has 0 radical (unpaired) electrons. The van der Waals surface area contributed by atoms with Crippen LogP contribution in [0.5, 0.6) is 0 Å².